The zero-order chi connectivity index (χ0) is 11.4. The van der Waals surface area contributed by atoms with Crippen molar-refractivity contribution in [2.45, 2.75) is 19.4 Å². The van der Waals surface area contributed by atoms with Crippen LogP contribution < -0.4 is 11.1 Å². The topological polar surface area (TPSA) is 55.1 Å². The van der Waals surface area contributed by atoms with E-state index < -0.39 is 11.9 Å². The lowest BCUT2D eigenvalue weighted by Gasteiger charge is -2.14. The number of nitrogens with two attached hydrogens (primary N) is 1. The average molecular weight is 275 g/mol. The quantitative estimate of drug-likeness (QED) is 0.885. The van der Waals surface area contributed by atoms with E-state index in [1.54, 1.807) is 12.1 Å². The van der Waals surface area contributed by atoms with Crippen LogP contribution in [0.4, 0.5) is 10.1 Å². The van der Waals surface area contributed by atoms with Crippen molar-refractivity contribution in [1.29, 1.82) is 0 Å². The number of nitrogens with one attached hydrogen (secondary N) is 1. The Labute approximate surface area is 96.0 Å². The van der Waals surface area contributed by atoms with Crippen LogP contribution >= 0.6 is 15.9 Å². The molecule has 1 amide bonds. The molecule has 0 unspecified atom stereocenters. The Balaban J connectivity index is 2.80. The molecule has 0 aliphatic carbocycles. The van der Waals surface area contributed by atoms with Gasteiger partial charge in [-0.15, -0.1) is 0 Å². The fraction of sp³-hybridized carbons (Fsp3) is 0.300. The second kappa shape index (κ2) is 5.11. The highest BCUT2D eigenvalue weighted by Gasteiger charge is 2.12. The molecule has 0 fully saturated rings. The second-order valence-corrected chi connectivity index (χ2v) is 3.99. The van der Waals surface area contributed by atoms with Crippen molar-refractivity contribution in [2.75, 3.05) is 5.32 Å². The number of benzene rings is 1. The highest BCUT2D eigenvalue weighted by Crippen LogP contribution is 2.20. The summed E-state index contributed by atoms with van der Waals surface area (Å²) in [5.74, 6) is -0.819. The van der Waals surface area contributed by atoms with Gasteiger partial charge < -0.3 is 11.1 Å². The van der Waals surface area contributed by atoms with Gasteiger partial charge in [0.1, 0.15) is 11.9 Å². The lowest BCUT2D eigenvalue weighted by Crippen LogP contribution is -2.34. The van der Waals surface area contributed by atoms with Crippen molar-refractivity contribution < 1.29 is 9.18 Å². The molecule has 0 radical (unpaired) electrons. The summed E-state index contributed by atoms with van der Waals surface area (Å²) in [5, 5.41) is 2.86. The molecule has 0 aliphatic rings. The lowest BCUT2D eigenvalue weighted by molar-refractivity contribution is -0.118. The van der Waals surface area contributed by atoms with Crippen LogP contribution in [0, 0.1) is 5.82 Å². The Morgan fingerprint density at radius 1 is 1.67 bits per heavy atom. The molecule has 15 heavy (non-hydrogen) atoms. The van der Waals surface area contributed by atoms with Crippen molar-refractivity contribution in [2.24, 2.45) is 5.73 Å². The number of anilines is 1. The first-order chi connectivity index (χ1) is 7.04. The first-order valence-electron chi connectivity index (χ1n) is 4.55. The van der Waals surface area contributed by atoms with Gasteiger partial charge in [0.2, 0.25) is 5.91 Å². The molecule has 0 aliphatic heterocycles. The van der Waals surface area contributed by atoms with E-state index in [4.69, 9.17) is 5.73 Å². The zero-order valence-corrected chi connectivity index (χ0v) is 9.84. The summed E-state index contributed by atoms with van der Waals surface area (Å²) in [6, 6.07) is 4.10. The van der Waals surface area contributed by atoms with Crippen LogP contribution in [0.1, 0.15) is 13.3 Å². The number of rotatable bonds is 4. The van der Waals surface area contributed by atoms with E-state index in [0.717, 1.165) is 0 Å². The van der Waals surface area contributed by atoms with Crippen molar-refractivity contribution in [3.05, 3.63) is 28.5 Å². The van der Waals surface area contributed by atoms with Gasteiger partial charge in [0.15, 0.2) is 0 Å². The number of hydrogen-bond acceptors (Lipinski definition) is 2. The number of amides is 1. The molecule has 0 saturated carbocycles. The molecule has 1 aromatic carbocycles. The maximum Gasteiger partial charge on any atom is 0.239 e. The van der Waals surface area contributed by atoms with Gasteiger partial charge in [-0.2, -0.15) is 0 Å². The standard InChI is InChI=1S/C10H12BrFN2O/c1-2-9(10(13)15)14-6-3-4-7(11)8(12)5-6/h3-5,9,14H,2H2,1H3,(H2,13,15)/t9-/m1/s1. The molecule has 5 heteroatoms. The Kier molecular flexibility index (Phi) is 4.08. The summed E-state index contributed by atoms with van der Waals surface area (Å²) in [6.45, 7) is 1.83. The monoisotopic (exact) mass is 274 g/mol. The molecule has 3 nitrogen and oxygen atoms in total. The molecule has 0 aromatic heterocycles. The van der Waals surface area contributed by atoms with E-state index in [-0.39, 0.29) is 5.82 Å². The van der Waals surface area contributed by atoms with E-state index in [9.17, 15) is 9.18 Å². The van der Waals surface area contributed by atoms with Gasteiger partial charge in [-0.25, -0.2) is 4.39 Å². The molecular weight excluding hydrogens is 263 g/mol. The van der Waals surface area contributed by atoms with Gasteiger partial charge in [0.25, 0.3) is 0 Å². The van der Waals surface area contributed by atoms with E-state index in [1.165, 1.54) is 6.07 Å². The lowest BCUT2D eigenvalue weighted by atomic mass is 10.2. The summed E-state index contributed by atoms with van der Waals surface area (Å²) < 4.78 is 13.5. The van der Waals surface area contributed by atoms with Gasteiger partial charge in [-0.3, -0.25) is 4.79 Å². The van der Waals surface area contributed by atoms with Gasteiger partial charge in [-0.1, -0.05) is 6.92 Å². The van der Waals surface area contributed by atoms with Gasteiger partial charge in [0, 0.05) is 5.69 Å². The maximum absolute atomic E-state index is 13.1. The summed E-state index contributed by atoms with van der Waals surface area (Å²) >= 11 is 3.05. The minimum Gasteiger partial charge on any atom is -0.374 e. The predicted molar refractivity (Wildman–Crippen MR) is 61.0 cm³/mol. The highest BCUT2D eigenvalue weighted by molar-refractivity contribution is 9.10. The molecule has 0 spiro atoms. The van der Waals surface area contributed by atoms with Crippen molar-refractivity contribution in [1.82, 2.24) is 0 Å². The van der Waals surface area contributed by atoms with Crippen molar-refractivity contribution >= 4 is 27.5 Å². The summed E-state index contributed by atoms with van der Waals surface area (Å²) in [6.07, 6.45) is 0.563. The largest absolute Gasteiger partial charge is 0.374 e. The molecule has 0 bridgehead atoms. The van der Waals surface area contributed by atoms with E-state index in [2.05, 4.69) is 21.2 Å². The van der Waals surface area contributed by atoms with Gasteiger partial charge in [-0.05, 0) is 40.5 Å². The van der Waals surface area contributed by atoms with E-state index in [0.29, 0.717) is 16.6 Å². The van der Waals surface area contributed by atoms with Crippen molar-refractivity contribution in [3.8, 4) is 0 Å². The summed E-state index contributed by atoms with van der Waals surface area (Å²) in [7, 11) is 0. The van der Waals surface area contributed by atoms with Crippen LogP contribution in [0.15, 0.2) is 22.7 Å². The molecule has 3 N–H and O–H groups in total. The Morgan fingerprint density at radius 2 is 2.33 bits per heavy atom. The van der Waals surface area contributed by atoms with E-state index >= 15 is 0 Å². The third-order valence-electron chi connectivity index (χ3n) is 2.01. The molecule has 0 saturated heterocycles. The Morgan fingerprint density at radius 3 is 2.80 bits per heavy atom. The fourth-order valence-corrected chi connectivity index (χ4v) is 1.41. The molecule has 1 rings (SSSR count). The number of carbonyl (C=O) groups is 1. The molecule has 82 valence electrons. The number of hydrogen-bond donors (Lipinski definition) is 2. The van der Waals surface area contributed by atoms with Crippen LogP contribution in [-0.4, -0.2) is 11.9 Å². The van der Waals surface area contributed by atoms with Crippen LogP contribution in [-0.2, 0) is 4.79 Å². The molecular formula is C10H12BrFN2O. The maximum atomic E-state index is 13.1. The number of primary amides is 1. The van der Waals surface area contributed by atoms with E-state index in [1.807, 2.05) is 6.92 Å². The first kappa shape index (κ1) is 12.0. The second-order valence-electron chi connectivity index (χ2n) is 3.14. The molecule has 1 atom stereocenters. The summed E-state index contributed by atoms with van der Waals surface area (Å²) in [5.41, 5.74) is 5.70. The normalized spacial score (nSPS) is 12.2. The Bertz CT molecular complexity index is 370. The van der Waals surface area contributed by atoms with Gasteiger partial charge in [0.05, 0.1) is 4.47 Å². The van der Waals surface area contributed by atoms with Crippen LogP contribution in [0.25, 0.3) is 0 Å². The van der Waals surface area contributed by atoms with Crippen LogP contribution in [0.3, 0.4) is 0 Å². The average Bonchev–Trinajstić information content (AvgIpc) is 2.19. The first-order valence-corrected chi connectivity index (χ1v) is 5.34. The highest BCUT2D eigenvalue weighted by atomic mass is 79.9. The van der Waals surface area contributed by atoms with Crippen LogP contribution in [0.2, 0.25) is 0 Å². The fourth-order valence-electron chi connectivity index (χ4n) is 1.16. The number of halogens is 2. The van der Waals surface area contributed by atoms with Gasteiger partial charge >= 0.3 is 0 Å². The van der Waals surface area contributed by atoms with Crippen molar-refractivity contribution in [3.63, 3.8) is 0 Å². The smallest absolute Gasteiger partial charge is 0.239 e. The zero-order valence-electron chi connectivity index (χ0n) is 8.26. The summed E-state index contributed by atoms with van der Waals surface area (Å²) in [4.78, 5) is 10.9. The molecule has 0 heterocycles. The minimum absolute atomic E-state index is 0.376. The third kappa shape index (κ3) is 3.20. The predicted octanol–water partition coefficient (Wildman–Crippen LogP) is 2.26. The SMILES string of the molecule is CC[C@@H](Nc1ccc(Br)c(F)c1)C(N)=O. The number of carbonyl (C=O) groups excluding carboxylic acids is 1. The Hall–Kier alpha value is -1.10. The molecule has 1 aromatic rings. The third-order valence-corrected chi connectivity index (χ3v) is 2.66. The van der Waals surface area contributed by atoms with Crippen LogP contribution in [0.5, 0.6) is 0 Å². The minimum atomic E-state index is -0.467.